The van der Waals surface area contributed by atoms with Crippen LogP contribution in [0.2, 0.25) is 15.1 Å². The predicted octanol–water partition coefficient (Wildman–Crippen LogP) is 6.64. The van der Waals surface area contributed by atoms with Gasteiger partial charge in [0.05, 0.1) is 21.4 Å². The number of anilines is 3. The largest absolute Gasteiger partial charge is 0.350 e. The van der Waals surface area contributed by atoms with Crippen molar-refractivity contribution in [2.75, 3.05) is 15.5 Å². The van der Waals surface area contributed by atoms with Gasteiger partial charge in [0.25, 0.3) is 17.7 Å². The van der Waals surface area contributed by atoms with Crippen LogP contribution in [0.4, 0.5) is 17.1 Å². The molecule has 34 heavy (non-hydrogen) atoms. The van der Waals surface area contributed by atoms with E-state index >= 15 is 0 Å². The molecular formula is C24H15Cl4N3O3. The summed E-state index contributed by atoms with van der Waals surface area (Å²) in [6.07, 6.45) is 0. The molecule has 10 heteroatoms. The number of nitrogens with zero attached hydrogens (tertiary/aromatic N) is 1. The molecule has 0 fully saturated rings. The molecule has 3 amide bonds. The molecule has 3 aromatic rings. The summed E-state index contributed by atoms with van der Waals surface area (Å²) in [6, 6.07) is 16.1. The highest BCUT2D eigenvalue weighted by Crippen LogP contribution is 2.34. The Morgan fingerprint density at radius 3 is 2.29 bits per heavy atom. The minimum absolute atomic E-state index is 0.110. The molecule has 0 aliphatic carbocycles. The summed E-state index contributed by atoms with van der Waals surface area (Å²) in [5.74, 6) is -1.76. The summed E-state index contributed by atoms with van der Waals surface area (Å²) < 4.78 is 0. The fourth-order valence-corrected chi connectivity index (χ4v) is 4.08. The third-order valence-corrected chi connectivity index (χ3v) is 6.68. The highest BCUT2D eigenvalue weighted by molar-refractivity contribution is 6.53. The van der Waals surface area contributed by atoms with Crippen LogP contribution in [0.3, 0.4) is 0 Å². The zero-order valence-electron chi connectivity index (χ0n) is 17.5. The molecule has 0 aromatic heterocycles. The molecule has 6 nitrogen and oxygen atoms in total. The fourth-order valence-electron chi connectivity index (χ4n) is 3.35. The SMILES string of the molecule is Cc1c(Cl)cccc1N1C(=O)C(Cl)=C(Nc2cccc(C(=O)Nc3cccc(Cl)c3Cl)c2)C1=O. The number of hydrogen-bond donors (Lipinski definition) is 2. The maximum Gasteiger partial charge on any atom is 0.283 e. The zero-order valence-corrected chi connectivity index (χ0v) is 20.5. The van der Waals surface area contributed by atoms with E-state index in [1.807, 2.05) is 0 Å². The number of carbonyl (C=O) groups is 3. The maximum absolute atomic E-state index is 13.1. The van der Waals surface area contributed by atoms with Crippen molar-refractivity contribution in [2.45, 2.75) is 6.92 Å². The average molecular weight is 535 g/mol. The third kappa shape index (κ3) is 4.50. The summed E-state index contributed by atoms with van der Waals surface area (Å²) in [6.45, 7) is 1.70. The van der Waals surface area contributed by atoms with E-state index < -0.39 is 17.7 Å². The lowest BCUT2D eigenvalue weighted by molar-refractivity contribution is -0.120. The minimum atomic E-state index is -0.677. The van der Waals surface area contributed by atoms with Crippen LogP contribution in [0.5, 0.6) is 0 Å². The standard InChI is InChI=1S/C24H15Cl4N3O3/c1-12-15(25)7-4-10-18(12)31-23(33)20(28)21(24(31)34)29-14-6-2-5-13(11-14)22(32)30-17-9-3-8-16(26)19(17)27/h2-11,29H,1H3,(H,30,32). The minimum Gasteiger partial charge on any atom is -0.350 e. The Balaban J connectivity index is 1.57. The van der Waals surface area contributed by atoms with Gasteiger partial charge in [-0.15, -0.1) is 0 Å². The van der Waals surface area contributed by atoms with E-state index in [0.717, 1.165) is 4.90 Å². The quantitative estimate of drug-likeness (QED) is 0.359. The lowest BCUT2D eigenvalue weighted by Gasteiger charge is -2.18. The molecule has 1 aliphatic rings. The lowest BCUT2D eigenvalue weighted by Crippen LogP contribution is -2.32. The van der Waals surface area contributed by atoms with Crippen molar-refractivity contribution in [3.8, 4) is 0 Å². The normalized spacial score (nSPS) is 13.5. The first-order valence-corrected chi connectivity index (χ1v) is 11.4. The Labute approximate surface area is 215 Å². The Hall–Kier alpha value is -3.03. The number of nitrogens with one attached hydrogen (secondary N) is 2. The number of imide groups is 1. The van der Waals surface area contributed by atoms with E-state index in [9.17, 15) is 14.4 Å². The van der Waals surface area contributed by atoms with E-state index in [2.05, 4.69) is 10.6 Å². The maximum atomic E-state index is 13.1. The zero-order chi connectivity index (χ0) is 24.6. The predicted molar refractivity (Wildman–Crippen MR) is 136 cm³/mol. The number of halogens is 4. The Kier molecular flexibility index (Phi) is 6.86. The first kappa shape index (κ1) is 24.1. The van der Waals surface area contributed by atoms with Gasteiger partial charge < -0.3 is 10.6 Å². The Morgan fingerprint density at radius 2 is 1.53 bits per heavy atom. The van der Waals surface area contributed by atoms with Crippen molar-refractivity contribution in [1.82, 2.24) is 0 Å². The van der Waals surface area contributed by atoms with Crippen LogP contribution < -0.4 is 15.5 Å². The van der Waals surface area contributed by atoms with Gasteiger partial charge >= 0.3 is 0 Å². The molecule has 1 aliphatic heterocycles. The van der Waals surface area contributed by atoms with Crippen LogP contribution in [-0.4, -0.2) is 17.7 Å². The molecule has 2 N–H and O–H groups in total. The van der Waals surface area contributed by atoms with Crippen LogP contribution >= 0.6 is 46.4 Å². The molecule has 0 saturated heterocycles. The summed E-state index contributed by atoms with van der Waals surface area (Å²) in [5.41, 5.74) is 1.80. The molecule has 0 atom stereocenters. The number of hydrogen-bond acceptors (Lipinski definition) is 4. The Bertz CT molecular complexity index is 1390. The van der Waals surface area contributed by atoms with E-state index in [4.69, 9.17) is 46.4 Å². The van der Waals surface area contributed by atoms with Gasteiger partial charge in [0.1, 0.15) is 10.7 Å². The fraction of sp³-hybridized carbons (Fsp3) is 0.0417. The van der Waals surface area contributed by atoms with Gasteiger partial charge in [-0.2, -0.15) is 0 Å². The van der Waals surface area contributed by atoms with Crippen molar-refractivity contribution in [1.29, 1.82) is 0 Å². The van der Waals surface area contributed by atoms with E-state index in [1.54, 1.807) is 61.5 Å². The molecular weight excluding hydrogens is 520 g/mol. The first-order valence-electron chi connectivity index (χ1n) is 9.85. The van der Waals surface area contributed by atoms with Crippen molar-refractivity contribution < 1.29 is 14.4 Å². The highest BCUT2D eigenvalue weighted by Gasteiger charge is 2.39. The summed E-state index contributed by atoms with van der Waals surface area (Å²) >= 11 is 24.5. The van der Waals surface area contributed by atoms with Gasteiger partial charge in [-0.25, -0.2) is 4.90 Å². The van der Waals surface area contributed by atoms with Gasteiger partial charge in [0.15, 0.2) is 0 Å². The molecule has 0 unspecified atom stereocenters. The van der Waals surface area contributed by atoms with E-state index in [0.29, 0.717) is 32.7 Å². The number of rotatable bonds is 5. The monoisotopic (exact) mass is 533 g/mol. The van der Waals surface area contributed by atoms with E-state index in [1.165, 1.54) is 6.07 Å². The molecule has 1 heterocycles. The van der Waals surface area contributed by atoms with Crippen LogP contribution in [0.15, 0.2) is 71.4 Å². The van der Waals surface area contributed by atoms with Crippen LogP contribution in [-0.2, 0) is 9.59 Å². The molecule has 0 radical (unpaired) electrons. The smallest absolute Gasteiger partial charge is 0.283 e. The van der Waals surface area contributed by atoms with Gasteiger partial charge in [-0.1, -0.05) is 64.6 Å². The van der Waals surface area contributed by atoms with Crippen molar-refractivity contribution in [3.05, 3.63) is 97.6 Å². The van der Waals surface area contributed by atoms with Crippen LogP contribution in [0.1, 0.15) is 15.9 Å². The topological polar surface area (TPSA) is 78.5 Å². The van der Waals surface area contributed by atoms with Gasteiger partial charge in [-0.3, -0.25) is 14.4 Å². The molecule has 0 saturated carbocycles. The second-order valence-electron chi connectivity index (χ2n) is 7.28. The number of amides is 3. The second kappa shape index (κ2) is 9.68. The van der Waals surface area contributed by atoms with Gasteiger partial charge in [0, 0.05) is 16.3 Å². The first-order chi connectivity index (χ1) is 16.2. The van der Waals surface area contributed by atoms with Crippen molar-refractivity contribution in [2.24, 2.45) is 0 Å². The second-order valence-corrected chi connectivity index (χ2v) is 8.85. The van der Waals surface area contributed by atoms with Crippen LogP contribution in [0.25, 0.3) is 0 Å². The molecule has 4 rings (SSSR count). The molecule has 0 bridgehead atoms. The van der Waals surface area contributed by atoms with E-state index in [-0.39, 0.29) is 21.3 Å². The van der Waals surface area contributed by atoms with Gasteiger partial charge in [0.2, 0.25) is 0 Å². The summed E-state index contributed by atoms with van der Waals surface area (Å²) in [4.78, 5) is 39.5. The summed E-state index contributed by atoms with van der Waals surface area (Å²) in [5, 5.41) is 6.21. The molecule has 0 spiro atoms. The average Bonchev–Trinajstić information content (AvgIpc) is 3.02. The van der Waals surface area contributed by atoms with Crippen molar-refractivity contribution in [3.63, 3.8) is 0 Å². The third-order valence-electron chi connectivity index (χ3n) is 5.10. The molecule has 172 valence electrons. The Morgan fingerprint density at radius 1 is 0.853 bits per heavy atom. The number of carbonyl (C=O) groups excluding carboxylic acids is 3. The highest BCUT2D eigenvalue weighted by atomic mass is 35.5. The summed E-state index contributed by atoms with van der Waals surface area (Å²) in [7, 11) is 0. The molecule has 3 aromatic carbocycles. The number of benzene rings is 3. The van der Waals surface area contributed by atoms with Gasteiger partial charge in [-0.05, 0) is 55.0 Å². The van der Waals surface area contributed by atoms with Crippen molar-refractivity contribution >= 4 is 81.2 Å². The van der Waals surface area contributed by atoms with Crippen LogP contribution in [0, 0.1) is 6.92 Å². The lowest BCUT2D eigenvalue weighted by atomic mass is 10.1.